The highest BCUT2D eigenvalue weighted by molar-refractivity contribution is 9.10. The predicted molar refractivity (Wildman–Crippen MR) is 121 cm³/mol. The number of para-hydroxylation sites is 1. The van der Waals surface area contributed by atoms with Crippen molar-refractivity contribution in [1.29, 1.82) is 0 Å². The van der Waals surface area contributed by atoms with Crippen molar-refractivity contribution in [3.05, 3.63) is 88.3 Å². The molecule has 8 heteroatoms. The van der Waals surface area contributed by atoms with E-state index in [0.717, 1.165) is 21.3 Å². The lowest BCUT2D eigenvalue weighted by Crippen LogP contribution is -2.27. The van der Waals surface area contributed by atoms with Crippen LogP contribution in [-0.4, -0.2) is 35.8 Å². The number of rotatable bonds is 7. The molecule has 0 saturated heterocycles. The van der Waals surface area contributed by atoms with E-state index in [9.17, 15) is 9.59 Å². The Morgan fingerprint density at radius 3 is 2.62 bits per heavy atom. The minimum atomic E-state index is -0.455. The molecule has 7 nitrogen and oxygen atoms in total. The number of nitrogens with zero attached hydrogens (tertiary/aromatic N) is 2. The smallest absolute Gasteiger partial charge is 0.344 e. The zero-order chi connectivity index (χ0) is 22.5. The molecule has 2 aromatic carbocycles. The van der Waals surface area contributed by atoms with Crippen molar-refractivity contribution in [2.45, 2.75) is 19.4 Å². The molecule has 0 radical (unpaired) electrons. The highest BCUT2D eigenvalue weighted by Gasteiger charge is 2.36. The average Bonchev–Trinajstić information content (AvgIpc) is 3.49. The Kier molecular flexibility index (Phi) is 6.70. The average molecular weight is 497 g/mol. The summed E-state index contributed by atoms with van der Waals surface area (Å²) in [5, 5.41) is 6.06. The van der Waals surface area contributed by atoms with Gasteiger partial charge >= 0.3 is 11.9 Å². The summed E-state index contributed by atoms with van der Waals surface area (Å²) in [6.45, 7) is 1.80. The van der Waals surface area contributed by atoms with Gasteiger partial charge in [-0.05, 0) is 42.8 Å². The number of carbonyl (C=O) groups is 2. The molecule has 1 aliphatic rings. The number of carbonyl (C=O) groups excluding carboxylic acids is 2. The first-order valence-corrected chi connectivity index (χ1v) is 10.9. The second-order valence-electron chi connectivity index (χ2n) is 7.03. The summed E-state index contributed by atoms with van der Waals surface area (Å²) < 4.78 is 17.0. The molecule has 164 valence electrons. The lowest BCUT2D eigenvalue weighted by molar-refractivity contribution is -0.145. The summed E-state index contributed by atoms with van der Waals surface area (Å²) in [4.78, 5) is 25.0. The molecule has 2 heterocycles. The lowest BCUT2D eigenvalue weighted by Gasteiger charge is -2.23. The van der Waals surface area contributed by atoms with Crippen molar-refractivity contribution in [2.24, 2.45) is 5.10 Å². The van der Waals surface area contributed by atoms with Crippen LogP contribution >= 0.6 is 15.9 Å². The van der Waals surface area contributed by atoms with Crippen LogP contribution < -0.4 is 4.74 Å². The monoisotopic (exact) mass is 496 g/mol. The number of hydrogen-bond acceptors (Lipinski definition) is 6. The Hall–Kier alpha value is -3.39. The number of esters is 1. The largest absolute Gasteiger partial charge is 0.482 e. The van der Waals surface area contributed by atoms with Crippen molar-refractivity contribution >= 4 is 33.5 Å². The molecule has 1 unspecified atom stereocenters. The molecule has 0 spiro atoms. The van der Waals surface area contributed by atoms with Gasteiger partial charge in [-0.3, -0.25) is 4.79 Å². The predicted octanol–water partition coefficient (Wildman–Crippen LogP) is 4.98. The van der Waals surface area contributed by atoms with Crippen LogP contribution in [0, 0.1) is 0 Å². The van der Waals surface area contributed by atoms with Gasteiger partial charge in [-0.2, -0.15) is 5.10 Å². The maximum atomic E-state index is 13.2. The van der Waals surface area contributed by atoms with Gasteiger partial charge in [0.1, 0.15) is 5.75 Å². The van der Waals surface area contributed by atoms with Crippen LogP contribution in [0.5, 0.6) is 5.75 Å². The minimum Gasteiger partial charge on any atom is -0.482 e. The summed E-state index contributed by atoms with van der Waals surface area (Å²) in [5.41, 5.74) is 2.42. The highest BCUT2D eigenvalue weighted by atomic mass is 79.9. The third-order valence-corrected chi connectivity index (χ3v) is 5.49. The van der Waals surface area contributed by atoms with Gasteiger partial charge in [-0.15, -0.1) is 0 Å². The Morgan fingerprint density at radius 1 is 1.12 bits per heavy atom. The number of halogens is 1. The van der Waals surface area contributed by atoms with Gasteiger partial charge in [-0.1, -0.05) is 46.3 Å². The first kappa shape index (κ1) is 21.8. The molecule has 0 N–H and O–H groups in total. The Balaban J connectivity index is 1.67. The second kappa shape index (κ2) is 9.82. The molecular weight excluding hydrogens is 476 g/mol. The zero-order valence-corrected chi connectivity index (χ0v) is 18.9. The van der Waals surface area contributed by atoms with Crippen LogP contribution in [0.3, 0.4) is 0 Å². The number of furan rings is 1. The van der Waals surface area contributed by atoms with Crippen molar-refractivity contribution in [2.75, 3.05) is 13.2 Å². The fourth-order valence-electron chi connectivity index (χ4n) is 3.50. The highest BCUT2D eigenvalue weighted by Crippen LogP contribution is 2.38. The van der Waals surface area contributed by atoms with Crippen molar-refractivity contribution in [3.63, 3.8) is 0 Å². The van der Waals surface area contributed by atoms with Crippen LogP contribution in [0.4, 0.5) is 0 Å². The quantitative estimate of drug-likeness (QED) is 0.431. The third kappa shape index (κ3) is 4.75. The van der Waals surface area contributed by atoms with E-state index in [1.165, 1.54) is 11.3 Å². The molecule has 32 heavy (non-hydrogen) atoms. The number of amides is 1. The van der Waals surface area contributed by atoms with E-state index in [1.54, 1.807) is 25.1 Å². The molecular formula is C24H21BrN2O5. The normalized spacial score (nSPS) is 15.4. The first-order valence-electron chi connectivity index (χ1n) is 10.1. The molecule has 1 amide bonds. The van der Waals surface area contributed by atoms with Crippen molar-refractivity contribution < 1.29 is 23.5 Å². The summed E-state index contributed by atoms with van der Waals surface area (Å²) in [7, 11) is 0. The maximum absolute atomic E-state index is 13.2. The topological polar surface area (TPSA) is 81.3 Å². The zero-order valence-electron chi connectivity index (χ0n) is 17.4. The molecule has 1 aliphatic heterocycles. The van der Waals surface area contributed by atoms with Crippen LogP contribution in [0.15, 0.2) is 80.9 Å². The molecule has 4 rings (SSSR count). The molecule has 1 atom stereocenters. The van der Waals surface area contributed by atoms with Gasteiger partial charge in [0.15, 0.2) is 12.4 Å². The molecule has 0 saturated carbocycles. The van der Waals surface area contributed by atoms with Crippen LogP contribution in [0.2, 0.25) is 0 Å². The van der Waals surface area contributed by atoms with Gasteiger partial charge in [-0.25, -0.2) is 9.80 Å². The molecule has 0 bridgehead atoms. The van der Waals surface area contributed by atoms with E-state index in [-0.39, 0.29) is 24.9 Å². The summed E-state index contributed by atoms with van der Waals surface area (Å²) in [5.74, 6) is -0.118. The van der Waals surface area contributed by atoms with E-state index in [0.29, 0.717) is 12.2 Å². The van der Waals surface area contributed by atoms with Crippen LogP contribution in [0.25, 0.3) is 0 Å². The standard InChI is InChI=1S/C24H21BrN2O5/c1-2-30-23(28)15-32-21-7-4-3-6-18(21)20-14-19(16-9-11-17(25)12-10-16)26-27(20)24(29)22-8-5-13-31-22/h3-13,20H,2,14-15H2,1H3. The molecule has 3 aromatic rings. The van der Waals surface area contributed by atoms with Gasteiger partial charge in [0, 0.05) is 16.5 Å². The summed E-state index contributed by atoms with van der Waals surface area (Å²) in [6.07, 6.45) is 1.93. The van der Waals surface area contributed by atoms with Gasteiger partial charge in [0.2, 0.25) is 0 Å². The molecule has 0 aliphatic carbocycles. The van der Waals surface area contributed by atoms with Crippen LogP contribution in [0.1, 0.15) is 41.1 Å². The summed E-state index contributed by atoms with van der Waals surface area (Å²) >= 11 is 3.44. The maximum Gasteiger partial charge on any atom is 0.344 e. The van der Waals surface area contributed by atoms with Crippen LogP contribution in [-0.2, 0) is 9.53 Å². The minimum absolute atomic E-state index is 0.195. The molecule has 1 aromatic heterocycles. The number of hydrogen-bond donors (Lipinski definition) is 0. The van der Waals surface area contributed by atoms with E-state index < -0.39 is 12.0 Å². The van der Waals surface area contributed by atoms with E-state index in [4.69, 9.17) is 13.9 Å². The Bertz CT molecular complexity index is 1130. The fraction of sp³-hybridized carbons (Fsp3) is 0.208. The van der Waals surface area contributed by atoms with E-state index >= 15 is 0 Å². The van der Waals surface area contributed by atoms with Gasteiger partial charge in [0.05, 0.1) is 24.6 Å². The van der Waals surface area contributed by atoms with Gasteiger partial charge < -0.3 is 13.9 Å². The summed E-state index contributed by atoms with van der Waals surface area (Å²) in [6, 6.07) is 17.9. The van der Waals surface area contributed by atoms with E-state index in [2.05, 4.69) is 21.0 Å². The van der Waals surface area contributed by atoms with E-state index in [1.807, 2.05) is 42.5 Å². The second-order valence-corrected chi connectivity index (χ2v) is 7.95. The van der Waals surface area contributed by atoms with Gasteiger partial charge in [0.25, 0.3) is 0 Å². The Labute approximate surface area is 193 Å². The van der Waals surface area contributed by atoms with Crippen molar-refractivity contribution in [1.82, 2.24) is 5.01 Å². The Morgan fingerprint density at radius 2 is 1.91 bits per heavy atom. The first-order chi connectivity index (χ1) is 15.6. The number of ether oxygens (including phenoxy) is 2. The third-order valence-electron chi connectivity index (χ3n) is 4.96. The molecule has 0 fully saturated rings. The SMILES string of the molecule is CCOC(=O)COc1ccccc1C1CC(c2ccc(Br)cc2)=NN1C(=O)c1ccco1. The number of hydrazone groups is 1. The number of benzene rings is 2. The van der Waals surface area contributed by atoms with Crippen molar-refractivity contribution in [3.8, 4) is 5.75 Å². The fourth-order valence-corrected chi connectivity index (χ4v) is 3.76. The lowest BCUT2D eigenvalue weighted by atomic mass is 9.97.